The third kappa shape index (κ3) is 4.62. The van der Waals surface area contributed by atoms with E-state index in [4.69, 9.17) is 4.74 Å². The summed E-state index contributed by atoms with van der Waals surface area (Å²) in [5.74, 6) is 0.535. The molecule has 4 rings (SSSR count). The van der Waals surface area contributed by atoms with E-state index in [-0.39, 0.29) is 23.9 Å². The van der Waals surface area contributed by atoms with Crippen LogP contribution in [0.2, 0.25) is 0 Å². The Labute approximate surface area is 199 Å². The molecule has 0 bridgehead atoms. The Morgan fingerprint density at radius 1 is 1.12 bits per heavy atom. The molecule has 0 fully saturated rings. The number of carbonyl (C=O) groups excluding carboxylic acids is 1. The summed E-state index contributed by atoms with van der Waals surface area (Å²) >= 11 is 0. The molecule has 6 nitrogen and oxygen atoms in total. The average Bonchev–Trinajstić information content (AvgIpc) is 3.15. The van der Waals surface area contributed by atoms with Crippen LogP contribution in [0, 0.1) is 13.8 Å². The number of ether oxygens (including phenoxy) is 1. The number of methoxy groups -OCH3 is 1. The molecular formula is C28H31N3O3. The second-order valence-electron chi connectivity index (χ2n) is 9.00. The van der Waals surface area contributed by atoms with Crippen molar-refractivity contribution in [2.24, 2.45) is 0 Å². The zero-order chi connectivity index (χ0) is 24.4. The van der Waals surface area contributed by atoms with Crippen molar-refractivity contribution in [3.05, 3.63) is 93.0 Å². The standard InChI is InChI=1S/C28H31N3O3/c1-17(2)31-16-18(3)26-23(13-22(34-5)14-24(26)31)25(32)15-29-27-21(11-19(4)30-28(27)33)12-20-9-7-6-8-10-20/h6-11,13-14,16-17,29H,12,15H2,1-5H3,(H,30,33). The van der Waals surface area contributed by atoms with E-state index in [0.29, 0.717) is 23.4 Å². The Kier molecular flexibility index (Phi) is 6.59. The molecule has 0 aliphatic carbocycles. The number of H-pyrrole nitrogens is 1. The summed E-state index contributed by atoms with van der Waals surface area (Å²) in [4.78, 5) is 29.1. The molecule has 0 saturated carbocycles. The number of hydrogen-bond donors (Lipinski definition) is 2. The Morgan fingerprint density at radius 2 is 1.85 bits per heavy atom. The van der Waals surface area contributed by atoms with Crippen LogP contribution in [0.5, 0.6) is 5.75 Å². The Hall–Kier alpha value is -3.80. The molecule has 0 spiro atoms. The van der Waals surface area contributed by atoms with Crippen LogP contribution in [0.4, 0.5) is 5.69 Å². The molecule has 34 heavy (non-hydrogen) atoms. The Balaban J connectivity index is 1.68. The van der Waals surface area contributed by atoms with Crippen LogP contribution in [0.25, 0.3) is 10.9 Å². The van der Waals surface area contributed by atoms with Gasteiger partial charge in [0.1, 0.15) is 11.4 Å². The van der Waals surface area contributed by atoms with Crippen molar-refractivity contribution in [1.29, 1.82) is 0 Å². The minimum atomic E-state index is -0.225. The first-order valence-electron chi connectivity index (χ1n) is 11.5. The molecule has 176 valence electrons. The number of pyridine rings is 1. The number of carbonyl (C=O) groups is 1. The molecule has 0 aliphatic rings. The molecule has 2 aromatic carbocycles. The highest BCUT2D eigenvalue weighted by Gasteiger charge is 2.19. The zero-order valence-electron chi connectivity index (χ0n) is 20.4. The molecule has 0 atom stereocenters. The van der Waals surface area contributed by atoms with E-state index >= 15 is 0 Å². The van der Waals surface area contributed by atoms with E-state index in [0.717, 1.165) is 33.3 Å². The van der Waals surface area contributed by atoms with Gasteiger partial charge < -0.3 is 19.6 Å². The monoisotopic (exact) mass is 457 g/mol. The number of Topliss-reactive ketones (excluding diaryl/α,β-unsaturated/α-hetero) is 1. The highest BCUT2D eigenvalue weighted by atomic mass is 16.5. The Bertz CT molecular complexity index is 1400. The number of nitrogens with one attached hydrogen (secondary N) is 2. The summed E-state index contributed by atoms with van der Waals surface area (Å²) in [7, 11) is 1.60. The molecule has 2 aromatic heterocycles. The molecule has 4 aromatic rings. The smallest absolute Gasteiger partial charge is 0.271 e. The van der Waals surface area contributed by atoms with Gasteiger partial charge in [-0.2, -0.15) is 0 Å². The number of hydrogen-bond acceptors (Lipinski definition) is 4. The number of aromatic amines is 1. The van der Waals surface area contributed by atoms with E-state index < -0.39 is 0 Å². The van der Waals surface area contributed by atoms with Gasteiger partial charge in [-0.05, 0) is 62.9 Å². The lowest BCUT2D eigenvalue weighted by Gasteiger charge is -2.14. The fraction of sp³-hybridized carbons (Fsp3) is 0.286. The van der Waals surface area contributed by atoms with E-state index in [1.807, 2.05) is 56.3 Å². The van der Waals surface area contributed by atoms with Crippen LogP contribution in [0.1, 0.15) is 52.6 Å². The van der Waals surface area contributed by atoms with Crippen molar-refractivity contribution in [1.82, 2.24) is 9.55 Å². The Morgan fingerprint density at radius 3 is 2.53 bits per heavy atom. The lowest BCUT2D eigenvalue weighted by molar-refractivity contribution is 0.101. The number of anilines is 1. The van der Waals surface area contributed by atoms with Crippen molar-refractivity contribution < 1.29 is 9.53 Å². The molecule has 0 radical (unpaired) electrons. The first kappa shape index (κ1) is 23.4. The molecule has 2 N–H and O–H groups in total. The molecular weight excluding hydrogens is 426 g/mol. The fourth-order valence-electron chi connectivity index (χ4n) is 4.50. The minimum absolute atomic E-state index is 0.00248. The second kappa shape index (κ2) is 9.59. The lowest BCUT2D eigenvalue weighted by atomic mass is 10.0. The predicted octanol–water partition coefficient (Wildman–Crippen LogP) is 5.42. The van der Waals surface area contributed by atoms with Crippen LogP contribution in [0.15, 0.2) is 59.5 Å². The van der Waals surface area contributed by atoms with Crippen LogP contribution in [-0.4, -0.2) is 29.0 Å². The van der Waals surface area contributed by atoms with E-state index in [9.17, 15) is 9.59 Å². The number of nitrogens with zero attached hydrogens (tertiary/aromatic N) is 1. The van der Waals surface area contributed by atoms with Gasteiger partial charge in [0.15, 0.2) is 5.78 Å². The summed E-state index contributed by atoms with van der Waals surface area (Å²) < 4.78 is 7.65. The molecule has 6 heteroatoms. The number of fused-ring (bicyclic) bond motifs is 1. The molecule has 2 heterocycles. The summed E-state index contributed by atoms with van der Waals surface area (Å²) in [5.41, 5.74) is 5.54. The van der Waals surface area contributed by atoms with Gasteiger partial charge in [-0.3, -0.25) is 9.59 Å². The minimum Gasteiger partial charge on any atom is -0.497 e. The lowest BCUT2D eigenvalue weighted by Crippen LogP contribution is -2.22. The molecule has 0 aliphatic heterocycles. The molecule has 0 unspecified atom stereocenters. The van der Waals surface area contributed by atoms with Crippen molar-refractivity contribution in [2.75, 3.05) is 19.0 Å². The normalized spacial score (nSPS) is 11.2. The van der Waals surface area contributed by atoms with E-state index in [1.54, 1.807) is 13.2 Å². The van der Waals surface area contributed by atoms with Gasteiger partial charge in [0.05, 0.1) is 19.2 Å². The van der Waals surface area contributed by atoms with Crippen LogP contribution in [-0.2, 0) is 6.42 Å². The van der Waals surface area contributed by atoms with Crippen molar-refractivity contribution in [3.63, 3.8) is 0 Å². The average molecular weight is 458 g/mol. The molecule has 0 amide bonds. The highest BCUT2D eigenvalue weighted by Crippen LogP contribution is 2.32. The molecule has 0 saturated heterocycles. The highest BCUT2D eigenvalue weighted by molar-refractivity contribution is 6.11. The van der Waals surface area contributed by atoms with Crippen molar-refractivity contribution in [2.45, 2.75) is 40.2 Å². The van der Waals surface area contributed by atoms with Crippen LogP contribution >= 0.6 is 0 Å². The van der Waals surface area contributed by atoms with Crippen LogP contribution < -0.4 is 15.6 Å². The quantitative estimate of drug-likeness (QED) is 0.346. The van der Waals surface area contributed by atoms with Gasteiger partial charge in [-0.15, -0.1) is 0 Å². The summed E-state index contributed by atoms with van der Waals surface area (Å²) in [5, 5.41) is 4.06. The first-order chi connectivity index (χ1) is 16.3. The number of ketones is 1. The van der Waals surface area contributed by atoms with Gasteiger partial charge >= 0.3 is 0 Å². The SMILES string of the molecule is COc1cc(C(=O)CNc2c(Cc3ccccc3)cc(C)[nH]c2=O)c2c(C)cn(C(C)C)c2c1. The second-order valence-corrected chi connectivity index (χ2v) is 9.00. The van der Waals surface area contributed by atoms with Gasteiger partial charge in [0.2, 0.25) is 0 Å². The maximum atomic E-state index is 13.4. The number of aryl methyl sites for hydroxylation is 2. The third-order valence-corrected chi connectivity index (χ3v) is 6.10. The number of rotatable bonds is 8. The number of benzene rings is 2. The third-order valence-electron chi connectivity index (χ3n) is 6.10. The van der Waals surface area contributed by atoms with Crippen LogP contribution in [0.3, 0.4) is 0 Å². The summed E-state index contributed by atoms with van der Waals surface area (Å²) in [6.07, 6.45) is 2.67. The summed E-state index contributed by atoms with van der Waals surface area (Å²) in [6, 6.07) is 15.9. The van der Waals surface area contributed by atoms with Crippen molar-refractivity contribution >= 4 is 22.4 Å². The van der Waals surface area contributed by atoms with Gasteiger partial charge in [-0.25, -0.2) is 0 Å². The topological polar surface area (TPSA) is 76.1 Å². The van der Waals surface area contributed by atoms with Gasteiger partial charge in [-0.1, -0.05) is 30.3 Å². The fourth-order valence-corrected chi connectivity index (χ4v) is 4.50. The van der Waals surface area contributed by atoms with Gasteiger partial charge in [0, 0.05) is 34.9 Å². The predicted molar refractivity (Wildman–Crippen MR) is 137 cm³/mol. The van der Waals surface area contributed by atoms with Crippen molar-refractivity contribution in [3.8, 4) is 5.75 Å². The summed E-state index contributed by atoms with van der Waals surface area (Å²) in [6.45, 7) is 8.10. The number of aromatic nitrogens is 2. The zero-order valence-corrected chi connectivity index (χ0v) is 20.4. The maximum absolute atomic E-state index is 13.4. The first-order valence-corrected chi connectivity index (χ1v) is 11.5. The van der Waals surface area contributed by atoms with Gasteiger partial charge in [0.25, 0.3) is 5.56 Å². The van der Waals surface area contributed by atoms with E-state index in [1.165, 1.54) is 0 Å². The largest absolute Gasteiger partial charge is 0.497 e. The van der Waals surface area contributed by atoms with E-state index in [2.05, 4.69) is 34.9 Å². The maximum Gasteiger partial charge on any atom is 0.271 e.